The number of hydrogen-bond acceptors (Lipinski definition) is 4. The van der Waals surface area contributed by atoms with Crippen LogP contribution >= 0.6 is 0 Å². The third kappa shape index (κ3) is 4.03. The summed E-state index contributed by atoms with van der Waals surface area (Å²) in [5.74, 6) is 2.51. The molecule has 5 rings (SSSR count). The third-order valence-electron chi connectivity index (χ3n) is 7.64. The van der Waals surface area contributed by atoms with Crippen LogP contribution < -0.4 is 9.44 Å². The second-order valence-electron chi connectivity index (χ2n) is 9.69. The van der Waals surface area contributed by atoms with Gasteiger partial charge < -0.3 is 0 Å². The van der Waals surface area contributed by atoms with Gasteiger partial charge in [0.2, 0.25) is 20.0 Å². The molecule has 0 saturated heterocycles. The van der Waals surface area contributed by atoms with Gasteiger partial charge in [0.1, 0.15) is 9.79 Å². The van der Waals surface area contributed by atoms with Crippen LogP contribution in [0.2, 0.25) is 0 Å². The molecule has 0 heterocycles. The van der Waals surface area contributed by atoms with Gasteiger partial charge in [0.25, 0.3) is 0 Å². The Labute approximate surface area is 185 Å². The standard InChI is InChI=1S/C23H30N2O4S2/c1-15-3-2-4-22(30(26,27)24-13-20-11-16-5-7-18(20)9-16)23(15)31(28,29)25-14-21-12-17-6-8-19(21)10-17/h2-8,16-21,24-25H,9-14H2,1H3/t16-,17+,18+,19-,20+,21+/m1/s1. The van der Waals surface area contributed by atoms with E-state index < -0.39 is 20.0 Å². The summed E-state index contributed by atoms with van der Waals surface area (Å²) in [4.78, 5) is -0.291. The lowest BCUT2D eigenvalue weighted by molar-refractivity contribution is 0.438. The van der Waals surface area contributed by atoms with Crippen LogP contribution in [0.3, 0.4) is 0 Å². The maximum absolute atomic E-state index is 13.2. The van der Waals surface area contributed by atoms with Crippen LogP contribution in [-0.4, -0.2) is 29.9 Å². The van der Waals surface area contributed by atoms with Crippen molar-refractivity contribution in [1.29, 1.82) is 0 Å². The molecule has 168 valence electrons. The largest absolute Gasteiger partial charge is 0.242 e. The van der Waals surface area contributed by atoms with Gasteiger partial charge in [-0.2, -0.15) is 0 Å². The van der Waals surface area contributed by atoms with Gasteiger partial charge in [-0.15, -0.1) is 0 Å². The first-order valence-electron chi connectivity index (χ1n) is 11.2. The number of fused-ring (bicyclic) bond motifs is 4. The van der Waals surface area contributed by atoms with Gasteiger partial charge in [-0.25, -0.2) is 26.3 Å². The zero-order valence-corrected chi connectivity index (χ0v) is 19.3. The monoisotopic (exact) mass is 462 g/mol. The fraction of sp³-hybridized carbons (Fsp3) is 0.565. The van der Waals surface area contributed by atoms with Crippen LogP contribution in [0.15, 0.2) is 52.3 Å². The SMILES string of the molecule is Cc1cccc(S(=O)(=O)NC[C@@H]2C[C@@H]3C=C[C@H]2C3)c1S(=O)(=O)NC[C@@H]1C[C@H]2C=C[C@@H]1C2. The van der Waals surface area contributed by atoms with Gasteiger partial charge >= 0.3 is 0 Å². The van der Waals surface area contributed by atoms with E-state index >= 15 is 0 Å². The van der Waals surface area contributed by atoms with Crippen molar-refractivity contribution in [3.05, 3.63) is 48.1 Å². The summed E-state index contributed by atoms with van der Waals surface area (Å²) < 4.78 is 58.1. The summed E-state index contributed by atoms with van der Waals surface area (Å²) in [7, 11) is -7.91. The maximum Gasteiger partial charge on any atom is 0.242 e. The molecule has 0 aromatic heterocycles. The van der Waals surface area contributed by atoms with E-state index in [-0.39, 0.29) is 21.6 Å². The molecule has 2 saturated carbocycles. The Hall–Kier alpha value is -1.48. The third-order valence-corrected chi connectivity index (χ3v) is 10.9. The maximum atomic E-state index is 13.2. The Balaban J connectivity index is 1.34. The molecule has 0 amide bonds. The van der Waals surface area contributed by atoms with Crippen LogP contribution in [0.1, 0.15) is 31.2 Å². The minimum atomic E-state index is -3.96. The number of aryl methyl sites for hydroxylation is 1. The smallest absolute Gasteiger partial charge is 0.211 e. The second kappa shape index (κ2) is 7.83. The molecule has 4 aliphatic carbocycles. The average molecular weight is 463 g/mol. The number of sulfonamides is 2. The fourth-order valence-corrected chi connectivity index (χ4v) is 9.34. The molecular formula is C23H30N2O4S2. The molecule has 4 bridgehead atoms. The summed E-state index contributed by atoms with van der Waals surface area (Å²) in [6, 6.07) is 4.64. The lowest BCUT2D eigenvalue weighted by atomic mass is 9.94. The molecule has 8 heteroatoms. The van der Waals surface area contributed by atoms with Crippen molar-refractivity contribution in [3.63, 3.8) is 0 Å². The van der Waals surface area contributed by atoms with Crippen molar-refractivity contribution in [1.82, 2.24) is 9.44 Å². The summed E-state index contributed by atoms with van der Waals surface area (Å²) in [5, 5.41) is 0. The van der Waals surface area contributed by atoms with Crippen LogP contribution in [0.4, 0.5) is 0 Å². The van der Waals surface area contributed by atoms with Crippen LogP contribution in [0.25, 0.3) is 0 Å². The van der Waals surface area contributed by atoms with E-state index in [2.05, 4.69) is 33.7 Å². The lowest BCUT2D eigenvalue weighted by Gasteiger charge is -2.21. The van der Waals surface area contributed by atoms with Gasteiger partial charge in [-0.3, -0.25) is 0 Å². The minimum absolute atomic E-state index is 0.131. The number of nitrogens with one attached hydrogen (secondary N) is 2. The lowest BCUT2D eigenvalue weighted by Crippen LogP contribution is -2.35. The van der Waals surface area contributed by atoms with Crippen molar-refractivity contribution in [2.45, 2.75) is 42.4 Å². The van der Waals surface area contributed by atoms with E-state index in [1.165, 1.54) is 6.07 Å². The predicted octanol–water partition coefficient (Wildman–Crippen LogP) is 2.98. The summed E-state index contributed by atoms with van der Waals surface area (Å²) >= 11 is 0. The number of hydrogen-bond donors (Lipinski definition) is 2. The highest BCUT2D eigenvalue weighted by atomic mass is 32.2. The van der Waals surface area contributed by atoms with E-state index in [1.807, 2.05) is 0 Å². The molecule has 1 aromatic rings. The molecule has 4 aliphatic rings. The molecule has 1 aromatic carbocycles. The van der Waals surface area contributed by atoms with E-state index in [1.54, 1.807) is 19.1 Å². The molecular weight excluding hydrogens is 432 g/mol. The first-order valence-corrected chi connectivity index (χ1v) is 14.1. The molecule has 2 N–H and O–H groups in total. The van der Waals surface area contributed by atoms with Crippen molar-refractivity contribution in [2.24, 2.45) is 35.5 Å². The fourth-order valence-electron chi connectivity index (χ4n) is 6.02. The number of allylic oxidation sites excluding steroid dienone is 4. The van der Waals surface area contributed by atoms with E-state index in [9.17, 15) is 16.8 Å². The zero-order valence-electron chi connectivity index (χ0n) is 17.7. The molecule has 6 nitrogen and oxygen atoms in total. The highest BCUT2D eigenvalue weighted by molar-refractivity contribution is 7.92. The Morgan fingerprint density at radius 3 is 1.81 bits per heavy atom. The first kappa shape index (κ1) is 21.4. The van der Waals surface area contributed by atoms with Crippen LogP contribution in [0.5, 0.6) is 0 Å². The zero-order chi connectivity index (χ0) is 21.8. The summed E-state index contributed by atoms with van der Waals surface area (Å²) in [6.07, 6.45) is 13.0. The summed E-state index contributed by atoms with van der Waals surface area (Å²) in [6.45, 7) is 2.33. The van der Waals surface area contributed by atoms with E-state index in [0.717, 1.165) is 25.7 Å². The van der Waals surface area contributed by atoms with Crippen molar-refractivity contribution in [3.8, 4) is 0 Å². The quantitative estimate of drug-likeness (QED) is 0.581. The van der Waals surface area contributed by atoms with Gasteiger partial charge in [-0.1, -0.05) is 36.4 Å². The predicted molar refractivity (Wildman–Crippen MR) is 119 cm³/mol. The summed E-state index contributed by atoms with van der Waals surface area (Å²) in [5.41, 5.74) is 0.436. The van der Waals surface area contributed by atoms with Crippen molar-refractivity contribution >= 4 is 20.0 Å². The van der Waals surface area contributed by atoms with Gasteiger partial charge in [-0.05, 0) is 79.7 Å². The van der Waals surface area contributed by atoms with Crippen molar-refractivity contribution in [2.75, 3.05) is 13.1 Å². The molecule has 31 heavy (non-hydrogen) atoms. The molecule has 2 fully saturated rings. The van der Waals surface area contributed by atoms with Crippen molar-refractivity contribution < 1.29 is 16.8 Å². The Morgan fingerprint density at radius 2 is 1.32 bits per heavy atom. The minimum Gasteiger partial charge on any atom is -0.211 e. The Kier molecular flexibility index (Phi) is 5.40. The van der Waals surface area contributed by atoms with E-state index in [0.29, 0.717) is 42.3 Å². The molecule has 0 aliphatic heterocycles. The topological polar surface area (TPSA) is 92.3 Å². The molecule has 0 spiro atoms. The molecule has 0 unspecified atom stereocenters. The second-order valence-corrected chi connectivity index (χ2v) is 13.1. The van der Waals surface area contributed by atoms with Gasteiger partial charge in [0.05, 0.1) is 0 Å². The first-order chi connectivity index (χ1) is 14.7. The average Bonchev–Trinajstić information content (AvgIpc) is 3.52. The van der Waals surface area contributed by atoms with Gasteiger partial charge in [0, 0.05) is 13.1 Å². The Bertz CT molecular complexity index is 1140. The van der Waals surface area contributed by atoms with Crippen LogP contribution in [0, 0.1) is 42.4 Å². The van der Waals surface area contributed by atoms with Crippen LogP contribution in [-0.2, 0) is 20.0 Å². The normalized spacial score (nSPS) is 33.6. The number of rotatable bonds is 8. The molecule has 6 atom stereocenters. The van der Waals surface area contributed by atoms with Gasteiger partial charge in [0.15, 0.2) is 0 Å². The highest BCUT2D eigenvalue weighted by Crippen LogP contribution is 2.44. The highest BCUT2D eigenvalue weighted by Gasteiger charge is 2.38. The van der Waals surface area contributed by atoms with E-state index in [4.69, 9.17) is 0 Å². The number of benzene rings is 1. The molecule has 0 radical (unpaired) electrons. The Morgan fingerprint density at radius 1 is 0.774 bits per heavy atom.